The molecule has 0 aromatic heterocycles. The number of aliphatic hydroxyl groups is 1. The molecular formula is C11H16O. The van der Waals surface area contributed by atoms with Gasteiger partial charge in [0.2, 0.25) is 0 Å². The lowest BCUT2D eigenvalue weighted by Crippen LogP contribution is -2.12. The van der Waals surface area contributed by atoms with Crippen molar-refractivity contribution in [3.05, 3.63) is 24.0 Å². The van der Waals surface area contributed by atoms with Gasteiger partial charge in [0.1, 0.15) is 5.76 Å². The van der Waals surface area contributed by atoms with Gasteiger partial charge in [0.15, 0.2) is 0 Å². The molecule has 1 N–H and O–H groups in total. The predicted molar refractivity (Wildman–Crippen MR) is 49.9 cm³/mol. The van der Waals surface area contributed by atoms with Gasteiger partial charge in [-0.15, -0.1) is 0 Å². The molecule has 12 heavy (non-hydrogen) atoms. The Morgan fingerprint density at radius 3 is 2.67 bits per heavy atom. The quantitative estimate of drug-likeness (QED) is 0.583. The van der Waals surface area contributed by atoms with Crippen molar-refractivity contribution in [3.63, 3.8) is 0 Å². The standard InChI is InChI=1S/C11H16O/c12-11-7-6-9-4-2-1-3-5-10(9)8-11/h6-10,12H,1-5H2/t9-,10?/m1/s1. The Labute approximate surface area is 73.8 Å². The van der Waals surface area contributed by atoms with E-state index in [0.29, 0.717) is 17.6 Å². The van der Waals surface area contributed by atoms with E-state index in [1.165, 1.54) is 32.1 Å². The van der Waals surface area contributed by atoms with Crippen molar-refractivity contribution in [3.8, 4) is 0 Å². The molecule has 1 fully saturated rings. The van der Waals surface area contributed by atoms with Crippen molar-refractivity contribution >= 4 is 0 Å². The number of hydrogen-bond acceptors (Lipinski definition) is 1. The molecule has 0 heterocycles. The number of rotatable bonds is 0. The third-order valence-electron chi connectivity index (χ3n) is 3.02. The number of hydrogen-bond donors (Lipinski definition) is 1. The summed E-state index contributed by atoms with van der Waals surface area (Å²) < 4.78 is 0. The fourth-order valence-corrected chi connectivity index (χ4v) is 2.31. The predicted octanol–water partition coefficient (Wildman–Crippen LogP) is 3.19. The summed E-state index contributed by atoms with van der Waals surface area (Å²) in [5.74, 6) is 1.80. The third-order valence-corrected chi connectivity index (χ3v) is 3.02. The summed E-state index contributed by atoms with van der Waals surface area (Å²) in [5.41, 5.74) is 0. The minimum absolute atomic E-state index is 0.471. The van der Waals surface area contributed by atoms with E-state index in [0.717, 1.165) is 0 Å². The van der Waals surface area contributed by atoms with E-state index in [-0.39, 0.29) is 0 Å². The molecule has 2 aliphatic carbocycles. The van der Waals surface area contributed by atoms with Crippen LogP contribution < -0.4 is 0 Å². The minimum Gasteiger partial charge on any atom is -0.508 e. The van der Waals surface area contributed by atoms with Gasteiger partial charge < -0.3 is 5.11 Å². The van der Waals surface area contributed by atoms with Crippen LogP contribution in [0.15, 0.2) is 24.0 Å². The first-order valence-corrected chi connectivity index (χ1v) is 4.95. The molecule has 0 bridgehead atoms. The van der Waals surface area contributed by atoms with E-state index in [9.17, 15) is 5.11 Å². The Kier molecular flexibility index (Phi) is 2.20. The van der Waals surface area contributed by atoms with Gasteiger partial charge in [-0.1, -0.05) is 25.3 Å². The first-order chi connectivity index (χ1) is 5.86. The fourth-order valence-electron chi connectivity index (χ4n) is 2.31. The molecule has 0 amide bonds. The van der Waals surface area contributed by atoms with Crippen LogP contribution in [0.2, 0.25) is 0 Å². The molecule has 1 unspecified atom stereocenters. The van der Waals surface area contributed by atoms with Crippen LogP contribution in [-0.4, -0.2) is 5.11 Å². The maximum Gasteiger partial charge on any atom is 0.111 e. The van der Waals surface area contributed by atoms with Crippen molar-refractivity contribution in [2.45, 2.75) is 32.1 Å². The zero-order chi connectivity index (χ0) is 8.39. The minimum atomic E-state index is 0.471. The molecule has 2 atom stereocenters. The molecule has 0 radical (unpaired) electrons. The second-order valence-corrected chi connectivity index (χ2v) is 3.92. The van der Waals surface area contributed by atoms with Gasteiger partial charge in [0, 0.05) is 0 Å². The Balaban J connectivity index is 2.11. The van der Waals surface area contributed by atoms with Gasteiger partial charge in [-0.05, 0) is 36.8 Å². The van der Waals surface area contributed by atoms with Crippen LogP contribution in [-0.2, 0) is 0 Å². The third kappa shape index (κ3) is 1.55. The van der Waals surface area contributed by atoms with Crippen LogP contribution in [0.4, 0.5) is 0 Å². The van der Waals surface area contributed by atoms with Gasteiger partial charge in [-0.25, -0.2) is 0 Å². The van der Waals surface area contributed by atoms with E-state index in [4.69, 9.17) is 0 Å². The van der Waals surface area contributed by atoms with Gasteiger partial charge in [-0.3, -0.25) is 0 Å². The number of fused-ring (bicyclic) bond motifs is 1. The second-order valence-electron chi connectivity index (χ2n) is 3.92. The molecule has 0 spiro atoms. The van der Waals surface area contributed by atoms with Crippen molar-refractivity contribution < 1.29 is 5.11 Å². The van der Waals surface area contributed by atoms with E-state index in [1.807, 2.05) is 12.2 Å². The molecular weight excluding hydrogens is 148 g/mol. The van der Waals surface area contributed by atoms with Crippen molar-refractivity contribution in [1.82, 2.24) is 0 Å². The Morgan fingerprint density at radius 2 is 1.83 bits per heavy atom. The SMILES string of the molecule is OC1=CC2CCCCC[C@@H]2C=C1. The highest BCUT2D eigenvalue weighted by atomic mass is 16.3. The maximum absolute atomic E-state index is 9.31. The summed E-state index contributed by atoms with van der Waals surface area (Å²) in [5, 5.41) is 9.31. The van der Waals surface area contributed by atoms with Crippen LogP contribution in [0.1, 0.15) is 32.1 Å². The summed E-state index contributed by atoms with van der Waals surface area (Å²) in [7, 11) is 0. The normalized spacial score (nSPS) is 35.2. The molecule has 2 rings (SSSR count). The molecule has 0 saturated heterocycles. The van der Waals surface area contributed by atoms with E-state index < -0.39 is 0 Å². The topological polar surface area (TPSA) is 20.2 Å². The first kappa shape index (κ1) is 7.90. The molecule has 2 aliphatic rings. The van der Waals surface area contributed by atoms with Gasteiger partial charge >= 0.3 is 0 Å². The molecule has 66 valence electrons. The summed E-state index contributed by atoms with van der Waals surface area (Å²) in [6, 6.07) is 0. The van der Waals surface area contributed by atoms with Gasteiger partial charge in [-0.2, -0.15) is 0 Å². The molecule has 1 nitrogen and oxygen atoms in total. The number of aliphatic hydroxyl groups excluding tert-OH is 1. The maximum atomic E-state index is 9.31. The lowest BCUT2D eigenvalue weighted by Gasteiger charge is -2.21. The van der Waals surface area contributed by atoms with Crippen molar-refractivity contribution in [2.24, 2.45) is 11.8 Å². The van der Waals surface area contributed by atoms with Crippen LogP contribution in [0.3, 0.4) is 0 Å². The van der Waals surface area contributed by atoms with Gasteiger partial charge in [0.25, 0.3) is 0 Å². The van der Waals surface area contributed by atoms with Crippen molar-refractivity contribution in [1.29, 1.82) is 0 Å². The molecule has 1 saturated carbocycles. The summed E-state index contributed by atoms with van der Waals surface area (Å²) in [6.45, 7) is 0. The molecule has 0 aromatic carbocycles. The van der Waals surface area contributed by atoms with Crippen molar-refractivity contribution in [2.75, 3.05) is 0 Å². The Hall–Kier alpha value is -0.720. The fraction of sp³-hybridized carbons (Fsp3) is 0.636. The highest BCUT2D eigenvalue weighted by Gasteiger charge is 2.22. The van der Waals surface area contributed by atoms with E-state index >= 15 is 0 Å². The zero-order valence-corrected chi connectivity index (χ0v) is 7.37. The Bertz CT molecular complexity index is 215. The monoisotopic (exact) mass is 164 g/mol. The smallest absolute Gasteiger partial charge is 0.111 e. The highest BCUT2D eigenvalue weighted by molar-refractivity contribution is 5.19. The summed E-state index contributed by atoms with van der Waals surface area (Å²) >= 11 is 0. The van der Waals surface area contributed by atoms with Crippen LogP contribution in [0, 0.1) is 11.8 Å². The Morgan fingerprint density at radius 1 is 1.08 bits per heavy atom. The molecule has 0 aliphatic heterocycles. The van der Waals surface area contributed by atoms with Crippen LogP contribution >= 0.6 is 0 Å². The average molecular weight is 164 g/mol. The second kappa shape index (κ2) is 3.34. The zero-order valence-electron chi connectivity index (χ0n) is 7.37. The van der Waals surface area contributed by atoms with E-state index in [1.54, 1.807) is 0 Å². The van der Waals surface area contributed by atoms with E-state index in [2.05, 4.69) is 6.08 Å². The molecule has 0 aromatic rings. The summed E-state index contributed by atoms with van der Waals surface area (Å²) in [6.07, 6.45) is 12.7. The lowest BCUT2D eigenvalue weighted by atomic mass is 9.84. The largest absolute Gasteiger partial charge is 0.508 e. The van der Waals surface area contributed by atoms with Gasteiger partial charge in [0.05, 0.1) is 0 Å². The summed E-state index contributed by atoms with van der Waals surface area (Å²) in [4.78, 5) is 0. The molecule has 1 heteroatoms. The number of allylic oxidation sites excluding steroid dienone is 3. The average Bonchev–Trinajstić information content (AvgIpc) is 2.28. The van der Waals surface area contributed by atoms with Crippen LogP contribution in [0.25, 0.3) is 0 Å². The van der Waals surface area contributed by atoms with Crippen LogP contribution in [0.5, 0.6) is 0 Å². The highest BCUT2D eigenvalue weighted by Crippen LogP contribution is 2.33. The first-order valence-electron chi connectivity index (χ1n) is 4.95. The lowest BCUT2D eigenvalue weighted by molar-refractivity contribution is 0.381.